The van der Waals surface area contributed by atoms with Crippen molar-refractivity contribution in [3.8, 4) is 0 Å². The SMILES string of the molecule is Cc1cc(C)n(CCCNC(=O)N2CCCC2c2ccccc2)n1. The van der Waals surface area contributed by atoms with Gasteiger partial charge in [-0.05, 0) is 44.7 Å². The summed E-state index contributed by atoms with van der Waals surface area (Å²) in [4.78, 5) is 14.5. The molecule has 1 aromatic carbocycles. The summed E-state index contributed by atoms with van der Waals surface area (Å²) in [5.41, 5.74) is 3.44. The van der Waals surface area contributed by atoms with Crippen LogP contribution in [-0.2, 0) is 6.54 Å². The fourth-order valence-corrected chi connectivity index (χ4v) is 3.46. The van der Waals surface area contributed by atoms with E-state index in [2.05, 4.69) is 35.5 Å². The highest BCUT2D eigenvalue weighted by molar-refractivity contribution is 5.75. The third-order valence-corrected chi connectivity index (χ3v) is 4.62. The summed E-state index contributed by atoms with van der Waals surface area (Å²) in [6, 6.07) is 12.7. The minimum atomic E-state index is 0.0507. The number of urea groups is 1. The van der Waals surface area contributed by atoms with E-state index in [-0.39, 0.29) is 12.1 Å². The third kappa shape index (κ3) is 3.78. The number of amides is 2. The molecule has 1 aliphatic rings. The Bertz CT molecular complexity index is 680. The van der Waals surface area contributed by atoms with Gasteiger partial charge in [0.1, 0.15) is 0 Å². The molecule has 0 spiro atoms. The molecular formula is C19H26N4O. The average Bonchev–Trinajstić information content (AvgIpc) is 3.19. The van der Waals surface area contributed by atoms with Gasteiger partial charge in [-0.3, -0.25) is 4.68 Å². The summed E-state index contributed by atoms with van der Waals surface area (Å²) >= 11 is 0. The molecule has 1 N–H and O–H groups in total. The molecule has 2 amide bonds. The number of carbonyl (C=O) groups excluding carboxylic acids is 1. The molecule has 0 radical (unpaired) electrons. The van der Waals surface area contributed by atoms with E-state index in [1.54, 1.807) is 0 Å². The molecular weight excluding hydrogens is 300 g/mol. The van der Waals surface area contributed by atoms with Gasteiger partial charge in [-0.1, -0.05) is 30.3 Å². The molecule has 3 rings (SSSR count). The van der Waals surface area contributed by atoms with Crippen LogP contribution in [0.1, 0.15) is 42.3 Å². The maximum atomic E-state index is 12.5. The molecule has 1 atom stereocenters. The number of likely N-dealkylation sites (tertiary alicyclic amines) is 1. The molecule has 2 heterocycles. The van der Waals surface area contributed by atoms with E-state index in [1.807, 2.05) is 34.7 Å². The van der Waals surface area contributed by atoms with Gasteiger partial charge in [0.2, 0.25) is 0 Å². The van der Waals surface area contributed by atoms with Crippen molar-refractivity contribution < 1.29 is 4.79 Å². The first-order valence-electron chi connectivity index (χ1n) is 8.75. The zero-order valence-electron chi connectivity index (χ0n) is 14.5. The molecule has 128 valence electrons. The molecule has 1 fully saturated rings. The summed E-state index contributed by atoms with van der Waals surface area (Å²) in [5, 5.41) is 7.52. The van der Waals surface area contributed by atoms with Gasteiger partial charge in [-0.15, -0.1) is 0 Å². The van der Waals surface area contributed by atoms with Crippen molar-refractivity contribution >= 4 is 6.03 Å². The predicted molar refractivity (Wildman–Crippen MR) is 94.8 cm³/mol. The zero-order valence-corrected chi connectivity index (χ0v) is 14.5. The summed E-state index contributed by atoms with van der Waals surface area (Å²) in [6.07, 6.45) is 3.00. The van der Waals surface area contributed by atoms with Gasteiger partial charge in [-0.25, -0.2) is 4.79 Å². The molecule has 0 bridgehead atoms. The lowest BCUT2D eigenvalue weighted by Gasteiger charge is -2.25. The lowest BCUT2D eigenvalue weighted by atomic mass is 10.1. The number of aromatic nitrogens is 2. The van der Waals surface area contributed by atoms with Crippen LogP contribution < -0.4 is 5.32 Å². The summed E-state index contributed by atoms with van der Waals surface area (Å²) in [6.45, 7) is 6.41. The van der Waals surface area contributed by atoms with Crippen molar-refractivity contribution in [3.05, 3.63) is 53.3 Å². The first-order valence-corrected chi connectivity index (χ1v) is 8.75. The van der Waals surface area contributed by atoms with Crippen molar-refractivity contribution in [3.63, 3.8) is 0 Å². The predicted octanol–water partition coefficient (Wildman–Crippen LogP) is 3.44. The average molecular weight is 326 g/mol. The Morgan fingerprint density at radius 2 is 2.08 bits per heavy atom. The normalized spacial score (nSPS) is 17.2. The lowest BCUT2D eigenvalue weighted by molar-refractivity contribution is 0.192. The highest BCUT2D eigenvalue weighted by atomic mass is 16.2. The fourth-order valence-electron chi connectivity index (χ4n) is 3.46. The van der Waals surface area contributed by atoms with E-state index < -0.39 is 0 Å². The number of carbonyl (C=O) groups is 1. The van der Waals surface area contributed by atoms with Crippen molar-refractivity contribution in [2.45, 2.75) is 45.7 Å². The Hall–Kier alpha value is -2.30. The van der Waals surface area contributed by atoms with Crippen LogP contribution in [0.3, 0.4) is 0 Å². The highest BCUT2D eigenvalue weighted by Gasteiger charge is 2.29. The topological polar surface area (TPSA) is 50.2 Å². The van der Waals surface area contributed by atoms with Gasteiger partial charge in [0.15, 0.2) is 0 Å². The molecule has 1 unspecified atom stereocenters. The van der Waals surface area contributed by atoms with Crippen molar-refractivity contribution in [1.29, 1.82) is 0 Å². The van der Waals surface area contributed by atoms with Gasteiger partial charge < -0.3 is 10.2 Å². The second-order valence-corrected chi connectivity index (χ2v) is 6.50. The summed E-state index contributed by atoms with van der Waals surface area (Å²) in [5.74, 6) is 0. The molecule has 0 saturated carbocycles. The van der Waals surface area contributed by atoms with E-state index in [1.165, 1.54) is 11.3 Å². The number of rotatable bonds is 5. The molecule has 1 saturated heterocycles. The smallest absolute Gasteiger partial charge is 0.317 e. The van der Waals surface area contributed by atoms with Crippen molar-refractivity contribution in [2.75, 3.05) is 13.1 Å². The largest absolute Gasteiger partial charge is 0.338 e. The van der Waals surface area contributed by atoms with Crippen LogP contribution in [-0.4, -0.2) is 33.8 Å². The number of hydrogen-bond acceptors (Lipinski definition) is 2. The van der Waals surface area contributed by atoms with Crippen LogP contribution in [0, 0.1) is 13.8 Å². The molecule has 1 aliphatic heterocycles. The molecule has 5 nitrogen and oxygen atoms in total. The van der Waals surface area contributed by atoms with Gasteiger partial charge in [0.05, 0.1) is 11.7 Å². The van der Waals surface area contributed by atoms with Crippen molar-refractivity contribution in [1.82, 2.24) is 20.0 Å². The van der Waals surface area contributed by atoms with E-state index in [4.69, 9.17) is 0 Å². The van der Waals surface area contributed by atoms with E-state index in [0.717, 1.165) is 38.0 Å². The van der Waals surface area contributed by atoms with E-state index in [0.29, 0.717) is 6.54 Å². The Morgan fingerprint density at radius 3 is 2.79 bits per heavy atom. The van der Waals surface area contributed by atoms with Crippen molar-refractivity contribution in [2.24, 2.45) is 0 Å². The second-order valence-electron chi connectivity index (χ2n) is 6.50. The quantitative estimate of drug-likeness (QED) is 0.856. The number of hydrogen-bond donors (Lipinski definition) is 1. The van der Waals surface area contributed by atoms with E-state index >= 15 is 0 Å². The van der Waals surface area contributed by atoms with Crippen LogP contribution in [0.5, 0.6) is 0 Å². The molecule has 1 aromatic heterocycles. The maximum absolute atomic E-state index is 12.5. The van der Waals surface area contributed by atoms with Crippen LogP contribution in [0.4, 0.5) is 4.79 Å². The third-order valence-electron chi connectivity index (χ3n) is 4.62. The first-order chi connectivity index (χ1) is 11.6. The number of nitrogens with zero attached hydrogens (tertiary/aromatic N) is 3. The Kier molecular flexibility index (Phi) is 5.18. The fraction of sp³-hybridized carbons (Fsp3) is 0.474. The minimum absolute atomic E-state index is 0.0507. The Balaban J connectivity index is 1.49. The van der Waals surface area contributed by atoms with Crippen LogP contribution in [0.25, 0.3) is 0 Å². The van der Waals surface area contributed by atoms with Gasteiger partial charge in [0, 0.05) is 25.3 Å². The summed E-state index contributed by atoms with van der Waals surface area (Å²) < 4.78 is 2.00. The first kappa shape index (κ1) is 16.6. The van der Waals surface area contributed by atoms with Gasteiger partial charge in [0.25, 0.3) is 0 Å². The van der Waals surface area contributed by atoms with E-state index in [9.17, 15) is 4.79 Å². The molecule has 2 aromatic rings. The standard InChI is InChI=1S/C19H26N4O/c1-15-14-16(2)23(21-15)13-7-11-20-19(24)22-12-6-10-18(22)17-8-4-3-5-9-17/h3-5,8-9,14,18H,6-7,10-13H2,1-2H3,(H,20,24). The van der Waals surface area contributed by atoms with Crippen LogP contribution >= 0.6 is 0 Å². The molecule has 0 aliphatic carbocycles. The van der Waals surface area contributed by atoms with Crippen LogP contribution in [0.2, 0.25) is 0 Å². The maximum Gasteiger partial charge on any atom is 0.317 e. The number of nitrogens with one attached hydrogen (secondary N) is 1. The monoisotopic (exact) mass is 326 g/mol. The van der Waals surface area contributed by atoms with Gasteiger partial charge >= 0.3 is 6.03 Å². The Labute approximate surface area is 143 Å². The minimum Gasteiger partial charge on any atom is -0.338 e. The summed E-state index contributed by atoms with van der Waals surface area (Å²) in [7, 11) is 0. The molecule has 5 heteroatoms. The number of benzene rings is 1. The highest BCUT2D eigenvalue weighted by Crippen LogP contribution is 2.31. The molecule has 24 heavy (non-hydrogen) atoms. The van der Waals surface area contributed by atoms with Crippen LogP contribution in [0.15, 0.2) is 36.4 Å². The van der Waals surface area contributed by atoms with Gasteiger partial charge in [-0.2, -0.15) is 5.10 Å². The Morgan fingerprint density at radius 1 is 1.29 bits per heavy atom. The zero-order chi connectivity index (χ0) is 16.9. The lowest BCUT2D eigenvalue weighted by Crippen LogP contribution is -2.40. The second kappa shape index (κ2) is 7.51. The number of aryl methyl sites for hydroxylation is 3.